The topological polar surface area (TPSA) is 60.3 Å². The number of anilines is 1. The molecule has 0 saturated heterocycles. The maximum Gasteiger partial charge on any atom is 0.170 e. The summed E-state index contributed by atoms with van der Waals surface area (Å²) in [4.78, 5) is 0. The number of thiocarbonyl (C=S) groups is 1. The molecule has 0 fully saturated rings. The summed E-state index contributed by atoms with van der Waals surface area (Å²) < 4.78 is 13.1. The molecule has 8 heteroatoms. The Kier molecular flexibility index (Phi) is 8.55. The first-order valence-electron chi connectivity index (χ1n) is 10.3. The molecule has 164 valence electrons. The fraction of sp³-hybridized carbons (Fsp3) is 0.304. The van der Waals surface area contributed by atoms with Crippen LogP contribution in [-0.2, 0) is 13.0 Å². The molecule has 6 nitrogen and oxygen atoms in total. The molecular weight excluding hydrogens is 432 g/mol. The van der Waals surface area contributed by atoms with E-state index in [-0.39, 0.29) is 0 Å². The quantitative estimate of drug-likeness (QED) is 0.421. The highest BCUT2D eigenvalue weighted by molar-refractivity contribution is 7.80. The van der Waals surface area contributed by atoms with Gasteiger partial charge in [-0.05, 0) is 61.8 Å². The lowest BCUT2D eigenvalue weighted by atomic mass is 10.1. The normalized spacial score (nSPS) is 10.5. The van der Waals surface area contributed by atoms with Crippen molar-refractivity contribution in [3.8, 4) is 11.5 Å². The van der Waals surface area contributed by atoms with E-state index in [0.717, 1.165) is 39.8 Å². The molecular formula is C23H27ClN4O2S. The van der Waals surface area contributed by atoms with E-state index in [4.69, 9.17) is 33.3 Å². The fourth-order valence-corrected chi connectivity index (χ4v) is 3.48. The Morgan fingerprint density at radius 3 is 2.65 bits per heavy atom. The molecule has 3 aromatic rings. The number of benzene rings is 2. The Morgan fingerprint density at radius 1 is 1.10 bits per heavy atom. The Hall–Kier alpha value is -2.77. The van der Waals surface area contributed by atoms with Crippen LogP contribution in [0.2, 0.25) is 5.02 Å². The number of halogens is 1. The van der Waals surface area contributed by atoms with E-state index >= 15 is 0 Å². The van der Waals surface area contributed by atoms with Crippen LogP contribution in [0.5, 0.6) is 11.5 Å². The monoisotopic (exact) mass is 458 g/mol. The van der Waals surface area contributed by atoms with Gasteiger partial charge in [0.2, 0.25) is 0 Å². The average molecular weight is 459 g/mol. The predicted octanol–water partition coefficient (Wildman–Crippen LogP) is 4.91. The van der Waals surface area contributed by atoms with Crippen LogP contribution in [0.4, 0.5) is 5.69 Å². The summed E-state index contributed by atoms with van der Waals surface area (Å²) in [6.45, 7) is 6.42. The third-order valence-electron chi connectivity index (χ3n) is 4.49. The second-order valence-corrected chi connectivity index (χ2v) is 7.61. The number of nitrogens with zero attached hydrogens (tertiary/aromatic N) is 2. The van der Waals surface area contributed by atoms with Crippen molar-refractivity contribution >= 4 is 34.6 Å². The van der Waals surface area contributed by atoms with Crippen molar-refractivity contribution in [3.05, 3.63) is 71.0 Å². The highest BCUT2D eigenvalue weighted by Gasteiger charge is 2.07. The molecule has 0 radical (unpaired) electrons. The van der Waals surface area contributed by atoms with Crippen molar-refractivity contribution in [3.63, 3.8) is 0 Å². The first kappa shape index (κ1) is 22.9. The second kappa shape index (κ2) is 11.6. The number of aromatic nitrogens is 2. The summed E-state index contributed by atoms with van der Waals surface area (Å²) in [5.41, 5.74) is 2.99. The summed E-state index contributed by atoms with van der Waals surface area (Å²) in [5, 5.41) is 12.0. The van der Waals surface area contributed by atoms with Crippen molar-refractivity contribution in [2.75, 3.05) is 25.1 Å². The zero-order valence-corrected chi connectivity index (χ0v) is 19.3. The second-order valence-electron chi connectivity index (χ2n) is 6.80. The smallest absolute Gasteiger partial charge is 0.170 e. The van der Waals surface area contributed by atoms with E-state index in [1.807, 2.05) is 67.2 Å². The molecule has 0 aliphatic carbocycles. The van der Waals surface area contributed by atoms with E-state index in [1.165, 1.54) is 0 Å². The number of hydrogen-bond donors (Lipinski definition) is 2. The maximum absolute atomic E-state index is 6.22. The summed E-state index contributed by atoms with van der Waals surface area (Å²) in [6.07, 6.45) is 4.45. The molecule has 0 aliphatic heterocycles. The zero-order chi connectivity index (χ0) is 22.1. The Balaban J connectivity index is 1.48. The van der Waals surface area contributed by atoms with Crippen molar-refractivity contribution in [1.29, 1.82) is 0 Å². The van der Waals surface area contributed by atoms with Crippen LogP contribution in [0, 0.1) is 0 Å². The van der Waals surface area contributed by atoms with Crippen LogP contribution >= 0.6 is 23.8 Å². The number of ether oxygens (including phenoxy) is 2. The van der Waals surface area contributed by atoms with Crippen LogP contribution in [-0.4, -0.2) is 34.7 Å². The predicted molar refractivity (Wildman–Crippen MR) is 129 cm³/mol. The van der Waals surface area contributed by atoms with Crippen molar-refractivity contribution in [2.24, 2.45) is 0 Å². The van der Waals surface area contributed by atoms with Gasteiger partial charge in [0.15, 0.2) is 16.6 Å². The van der Waals surface area contributed by atoms with Gasteiger partial charge < -0.3 is 20.1 Å². The van der Waals surface area contributed by atoms with Crippen molar-refractivity contribution in [1.82, 2.24) is 15.1 Å². The first-order valence-corrected chi connectivity index (χ1v) is 11.1. The fourth-order valence-electron chi connectivity index (χ4n) is 3.06. The minimum atomic E-state index is 0.549. The molecule has 0 unspecified atom stereocenters. The highest BCUT2D eigenvalue weighted by atomic mass is 35.5. The lowest BCUT2D eigenvalue weighted by Crippen LogP contribution is -2.30. The average Bonchev–Trinajstić information content (AvgIpc) is 3.18. The van der Waals surface area contributed by atoms with Crippen molar-refractivity contribution < 1.29 is 9.47 Å². The van der Waals surface area contributed by atoms with Gasteiger partial charge in [-0.1, -0.05) is 35.9 Å². The Morgan fingerprint density at radius 2 is 1.87 bits per heavy atom. The van der Waals surface area contributed by atoms with Crippen LogP contribution in [0.15, 0.2) is 54.9 Å². The molecule has 0 saturated carbocycles. The third-order valence-corrected chi connectivity index (χ3v) is 5.10. The van der Waals surface area contributed by atoms with Gasteiger partial charge in [0.25, 0.3) is 0 Å². The highest BCUT2D eigenvalue weighted by Crippen LogP contribution is 2.28. The zero-order valence-electron chi connectivity index (χ0n) is 17.7. The van der Waals surface area contributed by atoms with Crippen LogP contribution in [0.3, 0.4) is 0 Å². The summed E-state index contributed by atoms with van der Waals surface area (Å²) in [7, 11) is 0. The van der Waals surface area contributed by atoms with Gasteiger partial charge in [-0.15, -0.1) is 0 Å². The molecule has 0 aliphatic rings. The van der Waals surface area contributed by atoms with E-state index < -0.39 is 0 Å². The first-order chi connectivity index (χ1) is 15.1. The maximum atomic E-state index is 6.22. The number of hydrogen-bond acceptors (Lipinski definition) is 4. The van der Waals surface area contributed by atoms with E-state index in [2.05, 4.69) is 15.7 Å². The minimum absolute atomic E-state index is 0.549. The minimum Gasteiger partial charge on any atom is -0.490 e. The summed E-state index contributed by atoms with van der Waals surface area (Å²) in [5.74, 6) is 1.54. The van der Waals surface area contributed by atoms with E-state index in [0.29, 0.717) is 31.4 Å². The van der Waals surface area contributed by atoms with Gasteiger partial charge in [-0.25, -0.2) is 0 Å². The Bertz CT molecular complexity index is 1010. The molecule has 1 aromatic heterocycles. The molecule has 2 N–H and O–H groups in total. The van der Waals surface area contributed by atoms with Gasteiger partial charge in [0, 0.05) is 17.8 Å². The molecule has 0 atom stereocenters. The van der Waals surface area contributed by atoms with E-state index in [1.54, 1.807) is 6.20 Å². The standard InChI is InChI=1S/C23H27ClN4O2S/c1-3-29-21-10-9-17(13-22(21)30-4-2)11-12-25-23(31)27-19-14-26-28(16-19)15-18-7-5-6-8-20(18)24/h5-10,13-14,16H,3-4,11-12,15H2,1-2H3,(H2,25,27,31). The SMILES string of the molecule is CCOc1ccc(CCNC(=S)Nc2cnn(Cc3ccccc3Cl)c2)cc1OCC. The van der Waals surface area contributed by atoms with Gasteiger partial charge in [-0.2, -0.15) is 5.10 Å². The van der Waals surface area contributed by atoms with Crippen LogP contribution < -0.4 is 20.1 Å². The largest absolute Gasteiger partial charge is 0.490 e. The molecule has 1 heterocycles. The summed E-state index contributed by atoms with van der Waals surface area (Å²) >= 11 is 11.6. The molecule has 0 amide bonds. The molecule has 0 spiro atoms. The molecule has 31 heavy (non-hydrogen) atoms. The van der Waals surface area contributed by atoms with Crippen LogP contribution in [0.1, 0.15) is 25.0 Å². The van der Waals surface area contributed by atoms with E-state index in [9.17, 15) is 0 Å². The molecule has 2 aromatic carbocycles. The van der Waals surface area contributed by atoms with Crippen LogP contribution in [0.25, 0.3) is 0 Å². The third kappa shape index (κ3) is 6.87. The lowest BCUT2D eigenvalue weighted by molar-refractivity contribution is 0.287. The van der Waals surface area contributed by atoms with Gasteiger partial charge in [0.05, 0.1) is 31.6 Å². The van der Waals surface area contributed by atoms with Gasteiger partial charge >= 0.3 is 0 Å². The molecule has 0 bridgehead atoms. The summed E-state index contributed by atoms with van der Waals surface area (Å²) in [6, 6.07) is 13.8. The number of nitrogens with one attached hydrogen (secondary N) is 2. The van der Waals surface area contributed by atoms with Gasteiger partial charge in [0.1, 0.15) is 0 Å². The lowest BCUT2D eigenvalue weighted by Gasteiger charge is -2.13. The molecule has 3 rings (SSSR count). The Labute approximate surface area is 193 Å². The van der Waals surface area contributed by atoms with Gasteiger partial charge in [-0.3, -0.25) is 4.68 Å². The van der Waals surface area contributed by atoms with Crippen molar-refractivity contribution in [2.45, 2.75) is 26.8 Å². The number of rotatable bonds is 10.